The lowest BCUT2D eigenvalue weighted by Gasteiger charge is -2.01. The third-order valence-corrected chi connectivity index (χ3v) is 4.00. The van der Waals surface area contributed by atoms with E-state index in [9.17, 15) is 0 Å². The van der Waals surface area contributed by atoms with Crippen molar-refractivity contribution >= 4 is 34.0 Å². The molecule has 0 spiro atoms. The van der Waals surface area contributed by atoms with Gasteiger partial charge >= 0.3 is 0 Å². The fraction of sp³-hybridized carbons (Fsp3) is 0. The van der Waals surface area contributed by atoms with Gasteiger partial charge in [-0.15, -0.1) is 11.3 Å². The van der Waals surface area contributed by atoms with E-state index in [0.29, 0.717) is 0 Å². The van der Waals surface area contributed by atoms with Gasteiger partial charge in [0.2, 0.25) is 0 Å². The second-order valence-electron chi connectivity index (χ2n) is 3.10. The van der Waals surface area contributed by atoms with Gasteiger partial charge in [-0.1, -0.05) is 18.2 Å². The zero-order valence-electron chi connectivity index (χ0n) is 8.20. The first-order chi connectivity index (χ1) is 7.93. The molecule has 0 saturated heterocycles. The fourth-order valence-electron chi connectivity index (χ4n) is 1.40. The fourth-order valence-corrected chi connectivity index (χ4v) is 3.02. The van der Waals surface area contributed by atoms with Crippen LogP contribution in [0.4, 0.5) is 0 Å². The van der Waals surface area contributed by atoms with E-state index in [1.165, 1.54) is 0 Å². The summed E-state index contributed by atoms with van der Waals surface area (Å²) in [6.45, 7) is 0. The van der Waals surface area contributed by atoms with Crippen molar-refractivity contribution in [2.45, 2.75) is 9.37 Å². The van der Waals surface area contributed by atoms with Crippen molar-refractivity contribution in [3.8, 4) is 0 Å². The molecule has 0 aliphatic carbocycles. The topological polar surface area (TPSA) is 38.7 Å². The quantitative estimate of drug-likeness (QED) is 0.650. The molecule has 16 heavy (non-hydrogen) atoms. The molecule has 0 radical (unpaired) electrons. The number of aromatic nitrogens is 3. The largest absolute Gasteiger partial charge is 0.238 e. The molecule has 5 heteroatoms. The van der Waals surface area contributed by atoms with Gasteiger partial charge in [0.15, 0.2) is 4.34 Å². The maximum absolute atomic E-state index is 4.30. The zero-order chi connectivity index (χ0) is 10.8. The molecule has 0 bridgehead atoms. The Kier molecular flexibility index (Phi) is 2.55. The Labute approximate surface area is 101 Å². The van der Waals surface area contributed by atoms with Crippen LogP contribution in [-0.4, -0.2) is 15.0 Å². The van der Waals surface area contributed by atoms with Gasteiger partial charge in [-0.2, -0.15) is 0 Å². The van der Waals surface area contributed by atoms with E-state index in [2.05, 4.69) is 15.0 Å². The molecule has 0 fully saturated rings. The Morgan fingerprint density at radius 2 is 2.00 bits per heavy atom. The monoisotopic (exact) mass is 245 g/mol. The number of para-hydroxylation sites is 1. The third kappa shape index (κ3) is 1.79. The van der Waals surface area contributed by atoms with Crippen LogP contribution in [0.15, 0.2) is 51.5 Å². The molecule has 0 atom stereocenters. The number of rotatable bonds is 2. The molecule has 2 heterocycles. The van der Waals surface area contributed by atoms with Crippen molar-refractivity contribution in [3.63, 3.8) is 0 Å². The Hall–Kier alpha value is -1.46. The van der Waals surface area contributed by atoms with E-state index < -0.39 is 0 Å². The summed E-state index contributed by atoms with van der Waals surface area (Å²) in [5.74, 6) is 0. The maximum Gasteiger partial charge on any atom is 0.156 e. The number of thiazole rings is 1. The van der Waals surface area contributed by atoms with Gasteiger partial charge in [-0.05, 0) is 17.8 Å². The van der Waals surface area contributed by atoms with Crippen molar-refractivity contribution in [2.24, 2.45) is 0 Å². The molecule has 0 amide bonds. The molecule has 3 aromatic rings. The Balaban J connectivity index is 2.10. The first kappa shape index (κ1) is 9.74. The predicted octanol–water partition coefficient (Wildman–Crippen LogP) is 3.24. The average Bonchev–Trinajstić information content (AvgIpc) is 2.82. The number of nitrogens with zero attached hydrogens (tertiary/aromatic N) is 3. The Bertz CT molecular complexity index is 602. The van der Waals surface area contributed by atoms with Gasteiger partial charge in [0.05, 0.1) is 5.52 Å². The van der Waals surface area contributed by atoms with Crippen LogP contribution in [0.5, 0.6) is 0 Å². The minimum absolute atomic E-state index is 0.959. The van der Waals surface area contributed by atoms with Crippen LogP contribution in [0.1, 0.15) is 0 Å². The molecule has 0 saturated carbocycles. The van der Waals surface area contributed by atoms with Gasteiger partial charge in [-0.25, -0.2) is 15.0 Å². The predicted molar refractivity (Wildman–Crippen MR) is 65.8 cm³/mol. The molecule has 0 unspecified atom stereocenters. The zero-order valence-corrected chi connectivity index (χ0v) is 9.83. The molecular weight excluding hydrogens is 238 g/mol. The van der Waals surface area contributed by atoms with Crippen LogP contribution in [0.3, 0.4) is 0 Å². The van der Waals surface area contributed by atoms with E-state index >= 15 is 0 Å². The molecule has 1 aromatic carbocycles. The smallest absolute Gasteiger partial charge is 0.156 e. The summed E-state index contributed by atoms with van der Waals surface area (Å²) >= 11 is 3.20. The number of hydrogen-bond donors (Lipinski definition) is 0. The number of hydrogen-bond acceptors (Lipinski definition) is 5. The average molecular weight is 245 g/mol. The minimum Gasteiger partial charge on any atom is -0.238 e. The second-order valence-corrected chi connectivity index (χ2v) is 5.23. The molecule has 0 aliphatic rings. The molecule has 3 nitrogen and oxygen atoms in total. The van der Waals surface area contributed by atoms with E-state index in [-0.39, 0.29) is 0 Å². The van der Waals surface area contributed by atoms with Gasteiger partial charge in [0.1, 0.15) is 11.4 Å². The summed E-state index contributed by atoms with van der Waals surface area (Å²) in [5.41, 5.74) is 0.969. The molecule has 2 aromatic heterocycles. The lowest BCUT2D eigenvalue weighted by molar-refractivity contribution is 1.10. The van der Waals surface area contributed by atoms with Crippen LogP contribution < -0.4 is 0 Å². The normalized spacial score (nSPS) is 10.8. The van der Waals surface area contributed by atoms with Gasteiger partial charge in [0, 0.05) is 17.0 Å². The minimum atomic E-state index is 0.959. The third-order valence-electron chi connectivity index (χ3n) is 2.10. The van der Waals surface area contributed by atoms with Crippen LogP contribution in [-0.2, 0) is 0 Å². The number of benzene rings is 1. The molecular formula is C11H7N3S2. The summed E-state index contributed by atoms with van der Waals surface area (Å²) in [4.78, 5) is 12.8. The van der Waals surface area contributed by atoms with Crippen LogP contribution in [0.25, 0.3) is 10.9 Å². The highest BCUT2D eigenvalue weighted by Gasteiger charge is 2.06. The lowest BCUT2D eigenvalue weighted by Crippen LogP contribution is -1.85. The first-order valence-corrected chi connectivity index (χ1v) is 6.40. The lowest BCUT2D eigenvalue weighted by atomic mass is 10.2. The highest BCUT2D eigenvalue weighted by Crippen LogP contribution is 2.31. The second kappa shape index (κ2) is 4.19. The van der Waals surface area contributed by atoms with Crippen LogP contribution >= 0.6 is 23.1 Å². The van der Waals surface area contributed by atoms with Gasteiger partial charge in [0.25, 0.3) is 0 Å². The van der Waals surface area contributed by atoms with Gasteiger partial charge < -0.3 is 0 Å². The van der Waals surface area contributed by atoms with E-state index in [0.717, 1.165) is 20.3 Å². The van der Waals surface area contributed by atoms with E-state index in [1.54, 1.807) is 35.6 Å². The van der Waals surface area contributed by atoms with Crippen molar-refractivity contribution in [2.75, 3.05) is 0 Å². The summed E-state index contributed by atoms with van der Waals surface area (Å²) in [6, 6.07) is 8.00. The first-order valence-electron chi connectivity index (χ1n) is 4.70. The SMILES string of the molecule is c1ccc2c(Sc3nccs3)ncnc2c1. The van der Waals surface area contributed by atoms with E-state index in [1.807, 2.05) is 29.6 Å². The van der Waals surface area contributed by atoms with Gasteiger partial charge in [-0.3, -0.25) is 0 Å². The number of fused-ring (bicyclic) bond motifs is 1. The molecule has 78 valence electrons. The highest BCUT2D eigenvalue weighted by molar-refractivity contribution is 8.01. The summed E-state index contributed by atoms with van der Waals surface area (Å²) in [5, 5.41) is 4.00. The molecule has 0 N–H and O–H groups in total. The van der Waals surface area contributed by atoms with Crippen LogP contribution in [0.2, 0.25) is 0 Å². The van der Waals surface area contributed by atoms with Crippen LogP contribution in [0, 0.1) is 0 Å². The summed E-state index contributed by atoms with van der Waals surface area (Å²) < 4.78 is 1.00. The van der Waals surface area contributed by atoms with Crippen molar-refractivity contribution in [3.05, 3.63) is 42.2 Å². The summed E-state index contributed by atoms with van der Waals surface area (Å²) in [7, 11) is 0. The van der Waals surface area contributed by atoms with Crippen molar-refractivity contribution in [1.29, 1.82) is 0 Å². The molecule has 0 aliphatic heterocycles. The standard InChI is InChI=1S/C11H7N3S2/c1-2-4-9-8(3-1)10(14-7-13-9)16-11-12-5-6-15-11/h1-7H. The maximum atomic E-state index is 4.30. The Morgan fingerprint density at radius 1 is 1.06 bits per heavy atom. The van der Waals surface area contributed by atoms with Crippen molar-refractivity contribution in [1.82, 2.24) is 15.0 Å². The highest BCUT2D eigenvalue weighted by atomic mass is 32.2. The van der Waals surface area contributed by atoms with Crippen molar-refractivity contribution < 1.29 is 0 Å². The van der Waals surface area contributed by atoms with E-state index in [4.69, 9.17) is 0 Å². The summed E-state index contributed by atoms with van der Waals surface area (Å²) in [6.07, 6.45) is 3.40. The molecule has 3 rings (SSSR count). The Morgan fingerprint density at radius 3 is 2.88 bits per heavy atom.